The van der Waals surface area contributed by atoms with Crippen molar-refractivity contribution < 1.29 is 4.74 Å². The summed E-state index contributed by atoms with van der Waals surface area (Å²) in [5.41, 5.74) is 7.00. The van der Waals surface area contributed by atoms with E-state index in [0.717, 1.165) is 48.6 Å². The van der Waals surface area contributed by atoms with Crippen LogP contribution in [0.5, 0.6) is 5.75 Å². The number of pyridine rings is 1. The van der Waals surface area contributed by atoms with Crippen LogP contribution in [-0.2, 0) is 0 Å². The number of nitrogens with one attached hydrogen (secondary N) is 1. The molecule has 2 aromatic rings. The molecule has 1 aliphatic carbocycles. The van der Waals surface area contributed by atoms with E-state index in [0.29, 0.717) is 12.3 Å². The number of hydrazine groups is 1. The fourth-order valence-corrected chi connectivity index (χ4v) is 3.99. The number of rotatable bonds is 6. The second kappa shape index (κ2) is 8.93. The van der Waals surface area contributed by atoms with Crippen molar-refractivity contribution in [3.63, 3.8) is 0 Å². The van der Waals surface area contributed by atoms with E-state index in [-0.39, 0.29) is 17.4 Å². The smallest absolute Gasteiger partial charge is 0.203 e. The van der Waals surface area contributed by atoms with Gasteiger partial charge in [0, 0.05) is 43.4 Å². The molecule has 0 saturated carbocycles. The third kappa shape index (κ3) is 4.22. The zero-order valence-corrected chi connectivity index (χ0v) is 17.8. The predicted octanol–water partition coefficient (Wildman–Crippen LogP) is 3.02. The molecule has 0 aromatic carbocycles. The average Bonchev–Trinajstić information content (AvgIpc) is 3.14. The molecule has 7 nitrogen and oxygen atoms in total. The zero-order chi connectivity index (χ0) is 21.1. The SMILES string of the molecule is CCOc1cnc2c(c1)C=C(C(C)c1nn(C3CNN(CC)C3)ccc1=O)CC=C2. The number of fused-ring (bicyclic) bond motifs is 1. The number of aromatic nitrogens is 3. The summed E-state index contributed by atoms with van der Waals surface area (Å²) in [6.07, 6.45) is 10.6. The Kier molecular flexibility index (Phi) is 6.11. The molecule has 1 aliphatic heterocycles. The Morgan fingerprint density at radius 1 is 1.37 bits per heavy atom. The Labute approximate surface area is 177 Å². The highest BCUT2D eigenvalue weighted by atomic mass is 16.5. The van der Waals surface area contributed by atoms with Gasteiger partial charge in [-0.25, -0.2) is 5.01 Å². The van der Waals surface area contributed by atoms with Crippen molar-refractivity contribution in [2.45, 2.75) is 39.2 Å². The lowest BCUT2D eigenvalue weighted by Gasteiger charge is -2.18. The molecule has 0 amide bonds. The Bertz CT molecular complexity index is 1030. The first-order valence-electron chi connectivity index (χ1n) is 10.7. The number of hydrogen-bond donors (Lipinski definition) is 1. The van der Waals surface area contributed by atoms with Crippen LogP contribution in [0.1, 0.15) is 56.1 Å². The number of ether oxygens (including phenoxy) is 1. The summed E-state index contributed by atoms with van der Waals surface area (Å²) >= 11 is 0. The van der Waals surface area contributed by atoms with E-state index in [2.05, 4.69) is 41.4 Å². The van der Waals surface area contributed by atoms with Crippen LogP contribution in [0.3, 0.4) is 0 Å². The van der Waals surface area contributed by atoms with E-state index in [1.165, 1.54) is 0 Å². The highest BCUT2D eigenvalue weighted by Gasteiger charge is 2.24. The molecule has 3 heterocycles. The standard InChI is InChI=1S/C23H29N5O2/c1-4-27-15-19(13-25-27)28-10-9-22(29)23(26-28)16(3)17-7-6-8-21-18(11-17)12-20(14-24-21)30-5-2/h6,8-12,14,16,19,25H,4-5,7,13,15H2,1-3H3. The van der Waals surface area contributed by atoms with Crippen LogP contribution in [0.2, 0.25) is 0 Å². The molecule has 7 heteroatoms. The Balaban J connectivity index is 1.65. The van der Waals surface area contributed by atoms with E-state index < -0.39 is 0 Å². The molecule has 30 heavy (non-hydrogen) atoms. The van der Waals surface area contributed by atoms with Crippen molar-refractivity contribution in [1.82, 2.24) is 25.2 Å². The summed E-state index contributed by atoms with van der Waals surface area (Å²) in [6.45, 7) is 9.38. The van der Waals surface area contributed by atoms with Gasteiger partial charge in [-0.05, 0) is 25.5 Å². The van der Waals surface area contributed by atoms with Gasteiger partial charge < -0.3 is 4.74 Å². The van der Waals surface area contributed by atoms with Crippen molar-refractivity contribution in [3.05, 3.63) is 63.4 Å². The largest absolute Gasteiger partial charge is 0.492 e. The quantitative estimate of drug-likeness (QED) is 0.794. The topological polar surface area (TPSA) is 72.3 Å². The fraction of sp³-hybridized carbons (Fsp3) is 0.435. The molecule has 2 atom stereocenters. The van der Waals surface area contributed by atoms with Gasteiger partial charge in [0.1, 0.15) is 11.4 Å². The summed E-state index contributed by atoms with van der Waals surface area (Å²) in [6, 6.07) is 3.87. The van der Waals surface area contributed by atoms with E-state index >= 15 is 0 Å². The first-order valence-corrected chi connectivity index (χ1v) is 10.7. The first kappa shape index (κ1) is 20.5. The van der Waals surface area contributed by atoms with Crippen LogP contribution >= 0.6 is 0 Å². The summed E-state index contributed by atoms with van der Waals surface area (Å²) in [5.74, 6) is 0.664. The van der Waals surface area contributed by atoms with Gasteiger partial charge >= 0.3 is 0 Å². The summed E-state index contributed by atoms with van der Waals surface area (Å²) in [5, 5.41) is 6.94. The Morgan fingerprint density at radius 2 is 2.23 bits per heavy atom. The normalized spacial score (nSPS) is 19.8. The summed E-state index contributed by atoms with van der Waals surface area (Å²) in [7, 11) is 0. The van der Waals surface area contributed by atoms with Crippen molar-refractivity contribution in [1.29, 1.82) is 0 Å². The summed E-state index contributed by atoms with van der Waals surface area (Å²) < 4.78 is 7.55. The lowest BCUT2D eigenvalue weighted by Crippen LogP contribution is -2.30. The van der Waals surface area contributed by atoms with E-state index in [1.807, 2.05) is 23.7 Å². The van der Waals surface area contributed by atoms with Crippen LogP contribution in [-0.4, -0.2) is 46.0 Å². The first-order chi connectivity index (χ1) is 14.6. The molecule has 1 N–H and O–H groups in total. The number of hydrogen-bond acceptors (Lipinski definition) is 6. The van der Waals surface area contributed by atoms with Gasteiger partial charge in [-0.2, -0.15) is 5.10 Å². The minimum Gasteiger partial charge on any atom is -0.492 e. The van der Waals surface area contributed by atoms with Gasteiger partial charge in [-0.1, -0.05) is 31.6 Å². The second-order valence-electron chi connectivity index (χ2n) is 7.73. The molecule has 2 aromatic heterocycles. The number of nitrogens with zero attached hydrogens (tertiary/aromatic N) is 4. The molecule has 0 spiro atoms. The maximum absolute atomic E-state index is 12.7. The average molecular weight is 408 g/mol. The third-order valence-corrected chi connectivity index (χ3v) is 5.76. The van der Waals surface area contributed by atoms with Gasteiger partial charge in [0.05, 0.1) is 24.5 Å². The molecule has 1 fully saturated rings. The molecule has 1 saturated heterocycles. The van der Waals surface area contributed by atoms with Crippen molar-refractivity contribution >= 4 is 12.2 Å². The highest BCUT2D eigenvalue weighted by Crippen LogP contribution is 2.30. The Morgan fingerprint density at radius 3 is 3.00 bits per heavy atom. The maximum Gasteiger partial charge on any atom is 0.203 e. The minimum absolute atomic E-state index is 0.0207. The zero-order valence-electron chi connectivity index (χ0n) is 17.8. The summed E-state index contributed by atoms with van der Waals surface area (Å²) in [4.78, 5) is 17.2. The minimum atomic E-state index is -0.0899. The van der Waals surface area contributed by atoms with E-state index in [9.17, 15) is 4.79 Å². The Hall–Kier alpha value is -2.77. The van der Waals surface area contributed by atoms with Crippen molar-refractivity contribution in [2.24, 2.45) is 0 Å². The van der Waals surface area contributed by atoms with E-state index in [4.69, 9.17) is 9.84 Å². The van der Waals surface area contributed by atoms with Crippen LogP contribution in [0, 0.1) is 0 Å². The highest BCUT2D eigenvalue weighted by molar-refractivity contribution is 5.68. The van der Waals surface area contributed by atoms with Gasteiger partial charge in [-0.15, -0.1) is 0 Å². The molecule has 0 bridgehead atoms. The van der Waals surface area contributed by atoms with Gasteiger partial charge in [0.25, 0.3) is 0 Å². The van der Waals surface area contributed by atoms with Gasteiger partial charge in [-0.3, -0.25) is 19.9 Å². The monoisotopic (exact) mass is 407 g/mol. The number of likely N-dealkylation sites (N-methyl/N-ethyl adjacent to an activating group) is 1. The third-order valence-electron chi connectivity index (χ3n) is 5.76. The molecular formula is C23H29N5O2. The predicted molar refractivity (Wildman–Crippen MR) is 118 cm³/mol. The molecule has 4 rings (SSSR count). The molecule has 0 radical (unpaired) electrons. The molecule has 2 aliphatic rings. The molecule has 2 unspecified atom stereocenters. The van der Waals surface area contributed by atoms with Gasteiger partial charge in [0.15, 0.2) is 0 Å². The van der Waals surface area contributed by atoms with Crippen LogP contribution in [0.25, 0.3) is 12.2 Å². The maximum atomic E-state index is 12.7. The molecule has 158 valence electrons. The number of allylic oxidation sites excluding steroid dienone is 2. The second-order valence-corrected chi connectivity index (χ2v) is 7.73. The van der Waals surface area contributed by atoms with Crippen LogP contribution in [0.15, 0.2) is 41.0 Å². The van der Waals surface area contributed by atoms with Crippen molar-refractivity contribution in [3.8, 4) is 5.75 Å². The van der Waals surface area contributed by atoms with Crippen LogP contribution in [0.4, 0.5) is 0 Å². The van der Waals surface area contributed by atoms with E-state index in [1.54, 1.807) is 18.5 Å². The van der Waals surface area contributed by atoms with Crippen molar-refractivity contribution in [2.75, 3.05) is 26.2 Å². The lowest BCUT2D eigenvalue weighted by atomic mass is 9.93. The fourth-order valence-electron chi connectivity index (χ4n) is 3.99. The lowest BCUT2D eigenvalue weighted by molar-refractivity contribution is 0.261. The van der Waals surface area contributed by atoms with Gasteiger partial charge in [0.2, 0.25) is 5.43 Å². The molecular weight excluding hydrogens is 378 g/mol. The van der Waals surface area contributed by atoms with Crippen LogP contribution < -0.4 is 15.6 Å².